The summed E-state index contributed by atoms with van der Waals surface area (Å²) in [6.45, 7) is 7.94. The van der Waals surface area contributed by atoms with E-state index in [1.165, 1.54) is 45.9 Å². The van der Waals surface area contributed by atoms with Crippen molar-refractivity contribution in [3.63, 3.8) is 0 Å². The first-order chi connectivity index (χ1) is 10.0. The standard InChI is InChI=1S/C9H17NO.C3H9N.C2H4O2.C2H6/c1-11-8-9-4-2-6-10(9)7-3-5-9;1-4(2)3;1-4-2-3;1-2/h2-8H2,1H3;1-3H3;2H,1H3;1-2H3. The monoisotopic (exact) mass is 304 g/mol. The van der Waals surface area contributed by atoms with Crippen LogP contribution in [0.1, 0.15) is 39.5 Å². The Morgan fingerprint density at radius 2 is 1.48 bits per heavy atom. The minimum absolute atomic E-state index is 0.375. The van der Waals surface area contributed by atoms with Crippen molar-refractivity contribution in [2.24, 2.45) is 0 Å². The van der Waals surface area contributed by atoms with E-state index in [9.17, 15) is 0 Å². The molecule has 0 aromatic rings. The first-order valence-electron chi connectivity index (χ1n) is 7.83. The lowest BCUT2D eigenvalue weighted by Gasteiger charge is -2.30. The van der Waals surface area contributed by atoms with Crippen molar-refractivity contribution in [1.29, 1.82) is 0 Å². The number of methoxy groups -OCH3 is 2. The van der Waals surface area contributed by atoms with Gasteiger partial charge in [-0.3, -0.25) is 9.69 Å². The number of hydrogen-bond donors (Lipinski definition) is 0. The van der Waals surface area contributed by atoms with Crippen molar-refractivity contribution in [2.75, 3.05) is 55.1 Å². The third kappa shape index (κ3) is 9.82. The molecule has 128 valence electrons. The van der Waals surface area contributed by atoms with E-state index in [1.807, 2.05) is 47.0 Å². The fourth-order valence-electron chi connectivity index (χ4n) is 2.73. The van der Waals surface area contributed by atoms with Crippen molar-refractivity contribution in [3.8, 4) is 0 Å². The summed E-state index contributed by atoms with van der Waals surface area (Å²) in [6, 6.07) is 0. The van der Waals surface area contributed by atoms with E-state index in [4.69, 9.17) is 9.53 Å². The molecule has 5 heteroatoms. The Hall–Kier alpha value is -0.650. The fraction of sp³-hybridized carbons (Fsp3) is 0.938. The van der Waals surface area contributed by atoms with E-state index in [0.717, 1.165) is 6.61 Å². The molecule has 0 aliphatic carbocycles. The summed E-state index contributed by atoms with van der Waals surface area (Å²) in [7, 11) is 9.14. The zero-order valence-electron chi connectivity index (χ0n) is 15.1. The van der Waals surface area contributed by atoms with Gasteiger partial charge in [0.1, 0.15) is 0 Å². The number of rotatable bonds is 3. The van der Waals surface area contributed by atoms with Gasteiger partial charge < -0.3 is 14.4 Å². The first kappa shape index (κ1) is 22.6. The number of fused-ring (bicyclic) bond motifs is 1. The van der Waals surface area contributed by atoms with E-state index in [0.29, 0.717) is 12.0 Å². The lowest BCUT2D eigenvalue weighted by molar-refractivity contribution is -0.126. The molecule has 0 aromatic carbocycles. The molecule has 5 nitrogen and oxygen atoms in total. The Morgan fingerprint density at radius 3 is 1.76 bits per heavy atom. The average molecular weight is 304 g/mol. The second-order valence-electron chi connectivity index (χ2n) is 5.53. The third-order valence-corrected chi connectivity index (χ3v) is 3.32. The summed E-state index contributed by atoms with van der Waals surface area (Å²) < 4.78 is 9.15. The van der Waals surface area contributed by atoms with Crippen molar-refractivity contribution >= 4 is 6.47 Å². The first-order valence-corrected chi connectivity index (χ1v) is 7.83. The van der Waals surface area contributed by atoms with Gasteiger partial charge in [-0.2, -0.15) is 0 Å². The molecule has 2 rings (SSSR count). The van der Waals surface area contributed by atoms with Crippen LogP contribution in [0, 0.1) is 0 Å². The smallest absolute Gasteiger partial charge is 0.292 e. The molecule has 0 spiro atoms. The van der Waals surface area contributed by atoms with Crippen LogP contribution in [0.25, 0.3) is 0 Å². The Morgan fingerprint density at radius 1 is 1.10 bits per heavy atom. The molecule has 0 bridgehead atoms. The number of carbonyl (C=O) groups excluding carboxylic acids is 1. The summed E-state index contributed by atoms with van der Waals surface area (Å²) in [5, 5.41) is 0. The highest BCUT2D eigenvalue weighted by atomic mass is 16.5. The molecule has 2 heterocycles. The highest BCUT2D eigenvalue weighted by molar-refractivity contribution is 5.36. The predicted octanol–water partition coefficient (Wildman–Crippen LogP) is 2.25. The van der Waals surface area contributed by atoms with Crippen LogP contribution >= 0.6 is 0 Å². The zero-order valence-corrected chi connectivity index (χ0v) is 15.1. The van der Waals surface area contributed by atoms with Crippen LogP contribution in [0.5, 0.6) is 0 Å². The normalized spacial score (nSPS) is 18.3. The van der Waals surface area contributed by atoms with E-state index in [1.54, 1.807) is 0 Å². The molecule has 0 atom stereocenters. The van der Waals surface area contributed by atoms with Gasteiger partial charge in [0, 0.05) is 12.6 Å². The van der Waals surface area contributed by atoms with Crippen molar-refractivity contribution in [2.45, 2.75) is 45.1 Å². The van der Waals surface area contributed by atoms with Gasteiger partial charge in [0.05, 0.1) is 13.7 Å². The van der Waals surface area contributed by atoms with Crippen LogP contribution in [-0.2, 0) is 14.3 Å². The molecule has 2 aliphatic heterocycles. The Labute approximate surface area is 131 Å². The van der Waals surface area contributed by atoms with Crippen LogP contribution in [0.2, 0.25) is 0 Å². The molecule has 2 aliphatic rings. The molecule has 0 saturated carbocycles. The van der Waals surface area contributed by atoms with E-state index >= 15 is 0 Å². The lowest BCUT2D eigenvalue weighted by Crippen LogP contribution is -2.42. The minimum Gasteiger partial charge on any atom is -0.471 e. The molecule has 0 aromatic heterocycles. The van der Waals surface area contributed by atoms with E-state index < -0.39 is 0 Å². The topological polar surface area (TPSA) is 42.0 Å². The maximum atomic E-state index is 8.95. The molecule has 2 fully saturated rings. The van der Waals surface area contributed by atoms with Gasteiger partial charge in [0.25, 0.3) is 6.47 Å². The quantitative estimate of drug-likeness (QED) is 0.748. The third-order valence-electron chi connectivity index (χ3n) is 3.32. The maximum absolute atomic E-state index is 8.95. The summed E-state index contributed by atoms with van der Waals surface area (Å²) >= 11 is 0. The van der Waals surface area contributed by atoms with Crippen molar-refractivity contribution < 1.29 is 14.3 Å². The van der Waals surface area contributed by atoms with Crippen LogP contribution in [0.4, 0.5) is 0 Å². The van der Waals surface area contributed by atoms with Gasteiger partial charge in [-0.05, 0) is 59.9 Å². The average Bonchev–Trinajstić information content (AvgIpc) is 3.00. The number of hydrogen-bond acceptors (Lipinski definition) is 5. The van der Waals surface area contributed by atoms with E-state index in [2.05, 4.69) is 9.64 Å². The summed E-state index contributed by atoms with van der Waals surface area (Å²) in [5.41, 5.74) is 0.467. The van der Waals surface area contributed by atoms with Crippen molar-refractivity contribution in [1.82, 2.24) is 9.80 Å². The highest BCUT2D eigenvalue weighted by Crippen LogP contribution is 2.38. The molecule has 0 N–H and O–H groups in total. The summed E-state index contributed by atoms with van der Waals surface area (Å²) in [6.07, 6.45) is 5.48. The molecule has 0 unspecified atom stereocenters. The second-order valence-corrected chi connectivity index (χ2v) is 5.53. The molecule has 0 radical (unpaired) electrons. The van der Waals surface area contributed by atoms with Gasteiger partial charge in [-0.1, -0.05) is 13.8 Å². The maximum Gasteiger partial charge on any atom is 0.292 e. The van der Waals surface area contributed by atoms with Crippen LogP contribution in [0.3, 0.4) is 0 Å². The molecular weight excluding hydrogens is 268 g/mol. The number of carbonyl (C=O) groups is 1. The van der Waals surface area contributed by atoms with Crippen LogP contribution < -0.4 is 0 Å². The Balaban J connectivity index is 0. The van der Waals surface area contributed by atoms with Crippen LogP contribution in [-0.4, -0.2) is 76.9 Å². The Bertz CT molecular complexity index is 223. The van der Waals surface area contributed by atoms with E-state index in [-0.39, 0.29) is 0 Å². The van der Waals surface area contributed by atoms with Gasteiger partial charge in [0.2, 0.25) is 0 Å². The number of nitrogens with zero attached hydrogens (tertiary/aromatic N) is 2. The molecular formula is C16H36N2O3. The Kier molecular flexibility index (Phi) is 15.4. The SMILES string of the molecule is CC.CN(C)C.COC=O.COCC12CCCN1CCC2. The van der Waals surface area contributed by atoms with Gasteiger partial charge in [0.15, 0.2) is 0 Å². The zero-order chi connectivity index (χ0) is 16.7. The van der Waals surface area contributed by atoms with Gasteiger partial charge >= 0.3 is 0 Å². The van der Waals surface area contributed by atoms with Crippen LogP contribution in [0.15, 0.2) is 0 Å². The molecule has 21 heavy (non-hydrogen) atoms. The summed E-state index contributed by atoms with van der Waals surface area (Å²) in [5.74, 6) is 0. The fourth-order valence-corrected chi connectivity index (χ4v) is 2.73. The highest BCUT2D eigenvalue weighted by Gasteiger charge is 2.43. The van der Waals surface area contributed by atoms with Gasteiger partial charge in [-0.15, -0.1) is 0 Å². The molecule has 0 amide bonds. The number of ether oxygens (including phenoxy) is 2. The molecule has 2 saturated heterocycles. The lowest BCUT2D eigenvalue weighted by atomic mass is 9.95. The minimum atomic E-state index is 0.375. The van der Waals surface area contributed by atoms with Gasteiger partial charge in [-0.25, -0.2) is 0 Å². The summed E-state index contributed by atoms with van der Waals surface area (Å²) in [4.78, 5) is 13.6. The van der Waals surface area contributed by atoms with Crippen molar-refractivity contribution in [3.05, 3.63) is 0 Å². The predicted molar refractivity (Wildman–Crippen MR) is 88.7 cm³/mol. The largest absolute Gasteiger partial charge is 0.471 e. The second kappa shape index (κ2) is 14.3.